The van der Waals surface area contributed by atoms with Crippen molar-refractivity contribution in [3.05, 3.63) is 32.7 Å². The van der Waals surface area contributed by atoms with E-state index in [-0.39, 0.29) is 5.69 Å². The Morgan fingerprint density at radius 3 is 2.55 bits per heavy atom. The Hall–Kier alpha value is -0.710. The van der Waals surface area contributed by atoms with Crippen LogP contribution in [0.1, 0.15) is 12.1 Å². The molecule has 1 rings (SSSR count). The number of pyridine rings is 1. The highest BCUT2D eigenvalue weighted by Gasteiger charge is 2.07. The number of aromatic amines is 1. The van der Waals surface area contributed by atoms with Crippen molar-refractivity contribution < 1.29 is 8.78 Å². The van der Waals surface area contributed by atoms with Gasteiger partial charge in [-0.05, 0) is 6.07 Å². The summed E-state index contributed by atoms with van der Waals surface area (Å²) in [7, 11) is 0. The highest BCUT2D eigenvalue weighted by atomic mass is 79.9. The van der Waals surface area contributed by atoms with Gasteiger partial charge in [0.05, 0.1) is 5.69 Å². The fourth-order valence-electron chi connectivity index (χ4n) is 0.647. The van der Waals surface area contributed by atoms with Gasteiger partial charge in [-0.25, -0.2) is 8.78 Å². The van der Waals surface area contributed by atoms with Crippen molar-refractivity contribution in [2.24, 2.45) is 0 Å². The van der Waals surface area contributed by atoms with Crippen LogP contribution in [0.25, 0.3) is 0 Å². The molecule has 0 aliphatic carbocycles. The fourth-order valence-corrected chi connectivity index (χ4v) is 1.10. The molecular formula is C6H4BrF2NO. The molecule has 5 heteroatoms. The van der Waals surface area contributed by atoms with Gasteiger partial charge < -0.3 is 4.98 Å². The second-order valence-electron chi connectivity index (χ2n) is 1.92. The molecule has 0 aliphatic heterocycles. The molecule has 1 aromatic heterocycles. The Kier molecular flexibility index (Phi) is 2.38. The van der Waals surface area contributed by atoms with Crippen LogP contribution in [0.15, 0.2) is 21.4 Å². The van der Waals surface area contributed by atoms with E-state index in [1.807, 2.05) is 4.98 Å². The van der Waals surface area contributed by atoms with Gasteiger partial charge in [0.1, 0.15) is 0 Å². The predicted molar refractivity (Wildman–Crippen MR) is 39.7 cm³/mol. The monoisotopic (exact) mass is 223 g/mol. The number of H-pyrrole nitrogens is 1. The summed E-state index contributed by atoms with van der Waals surface area (Å²) in [5, 5.41) is 0. The maximum absolute atomic E-state index is 11.9. The highest BCUT2D eigenvalue weighted by Crippen LogP contribution is 2.17. The largest absolute Gasteiger partial charge is 0.321 e. The van der Waals surface area contributed by atoms with Crippen LogP contribution in [0.3, 0.4) is 0 Å². The summed E-state index contributed by atoms with van der Waals surface area (Å²) in [5.41, 5.74) is -0.904. The summed E-state index contributed by atoms with van der Waals surface area (Å²) in [6.07, 6.45) is -2.64. The minimum atomic E-state index is -2.64. The Balaban J connectivity index is 3.19. The third kappa shape index (κ3) is 2.11. The second kappa shape index (κ2) is 3.13. The average Bonchev–Trinajstić information content (AvgIpc) is 1.85. The van der Waals surface area contributed by atoms with Gasteiger partial charge in [0, 0.05) is 10.5 Å². The van der Waals surface area contributed by atoms with E-state index >= 15 is 0 Å². The summed E-state index contributed by atoms with van der Waals surface area (Å²) in [6.45, 7) is 0. The molecule has 1 heterocycles. The van der Waals surface area contributed by atoms with Crippen molar-refractivity contribution in [3.63, 3.8) is 0 Å². The van der Waals surface area contributed by atoms with Crippen LogP contribution in [-0.4, -0.2) is 4.98 Å². The van der Waals surface area contributed by atoms with Crippen LogP contribution in [0, 0.1) is 0 Å². The van der Waals surface area contributed by atoms with Gasteiger partial charge in [-0.1, -0.05) is 15.9 Å². The van der Waals surface area contributed by atoms with Crippen LogP contribution in [0.5, 0.6) is 0 Å². The Morgan fingerprint density at radius 1 is 1.45 bits per heavy atom. The van der Waals surface area contributed by atoms with Crippen molar-refractivity contribution in [1.82, 2.24) is 4.98 Å². The van der Waals surface area contributed by atoms with E-state index in [9.17, 15) is 13.6 Å². The first kappa shape index (κ1) is 8.39. The van der Waals surface area contributed by atoms with Gasteiger partial charge in [-0.3, -0.25) is 4.79 Å². The molecule has 0 saturated carbocycles. The smallest absolute Gasteiger partial charge is 0.278 e. The summed E-state index contributed by atoms with van der Waals surface area (Å²) >= 11 is 2.93. The molecule has 0 spiro atoms. The summed E-state index contributed by atoms with van der Waals surface area (Å²) in [5.74, 6) is 0. The maximum Gasteiger partial charge on any atom is 0.278 e. The Bertz CT molecular complexity index is 310. The zero-order valence-corrected chi connectivity index (χ0v) is 6.86. The lowest BCUT2D eigenvalue weighted by atomic mass is 10.4. The van der Waals surface area contributed by atoms with E-state index in [0.717, 1.165) is 0 Å². The van der Waals surface area contributed by atoms with Crippen LogP contribution >= 0.6 is 15.9 Å². The first-order chi connectivity index (χ1) is 5.09. The summed E-state index contributed by atoms with van der Waals surface area (Å²) in [6, 6.07) is 2.36. The van der Waals surface area contributed by atoms with Gasteiger partial charge >= 0.3 is 0 Å². The lowest BCUT2D eigenvalue weighted by Crippen LogP contribution is -2.07. The summed E-state index contributed by atoms with van der Waals surface area (Å²) < 4.78 is 24.2. The van der Waals surface area contributed by atoms with Crippen LogP contribution in [0.2, 0.25) is 0 Å². The normalized spacial score (nSPS) is 10.5. The number of nitrogens with one attached hydrogen (secondary N) is 1. The molecule has 0 bridgehead atoms. The molecule has 60 valence electrons. The first-order valence-electron chi connectivity index (χ1n) is 2.77. The minimum Gasteiger partial charge on any atom is -0.321 e. The molecule has 0 atom stereocenters. The number of alkyl halides is 2. The molecule has 0 amide bonds. The van der Waals surface area contributed by atoms with Crippen molar-refractivity contribution in [1.29, 1.82) is 0 Å². The molecule has 2 nitrogen and oxygen atoms in total. The van der Waals surface area contributed by atoms with Gasteiger partial charge in [0.25, 0.3) is 6.43 Å². The van der Waals surface area contributed by atoms with Gasteiger partial charge in [0.15, 0.2) is 0 Å². The molecule has 0 unspecified atom stereocenters. The molecule has 0 fully saturated rings. The Morgan fingerprint density at radius 2 is 2.09 bits per heavy atom. The lowest BCUT2D eigenvalue weighted by Gasteiger charge is -1.97. The molecular weight excluding hydrogens is 220 g/mol. The Labute approximate surface area is 69.4 Å². The molecule has 0 aromatic carbocycles. The molecule has 0 aliphatic rings. The van der Waals surface area contributed by atoms with E-state index in [1.165, 1.54) is 12.1 Å². The minimum absolute atomic E-state index is 0.358. The molecule has 0 radical (unpaired) electrons. The summed E-state index contributed by atoms with van der Waals surface area (Å²) in [4.78, 5) is 12.6. The van der Waals surface area contributed by atoms with Crippen LogP contribution in [0.4, 0.5) is 8.78 Å². The third-order valence-corrected chi connectivity index (χ3v) is 1.52. The maximum atomic E-state index is 11.9. The molecule has 1 N–H and O–H groups in total. The standard InChI is InChI=1S/C6H4BrF2NO/c7-3-1-4(6(8)9)10-5(11)2-3/h1-2,6H,(H,10,11). The zero-order valence-electron chi connectivity index (χ0n) is 5.27. The zero-order chi connectivity index (χ0) is 8.43. The predicted octanol–water partition coefficient (Wildman–Crippen LogP) is 2.08. The molecule has 1 aromatic rings. The van der Waals surface area contributed by atoms with Crippen molar-refractivity contribution >= 4 is 15.9 Å². The number of rotatable bonds is 1. The number of halogens is 3. The van der Waals surface area contributed by atoms with E-state index in [1.54, 1.807) is 0 Å². The number of aromatic nitrogens is 1. The number of hydrogen-bond donors (Lipinski definition) is 1. The SMILES string of the molecule is O=c1cc(Br)cc(C(F)F)[nH]1. The van der Waals surface area contributed by atoms with Crippen molar-refractivity contribution in [3.8, 4) is 0 Å². The quantitative estimate of drug-likeness (QED) is 0.778. The van der Waals surface area contributed by atoms with Crippen molar-refractivity contribution in [2.75, 3.05) is 0 Å². The highest BCUT2D eigenvalue weighted by molar-refractivity contribution is 9.10. The fraction of sp³-hybridized carbons (Fsp3) is 0.167. The second-order valence-corrected chi connectivity index (χ2v) is 2.83. The molecule has 0 saturated heterocycles. The van der Waals surface area contributed by atoms with Gasteiger partial charge in [-0.2, -0.15) is 0 Å². The van der Waals surface area contributed by atoms with E-state index in [4.69, 9.17) is 0 Å². The lowest BCUT2D eigenvalue weighted by molar-refractivity contribution is 0.145. The topological polar surface area (TPSA) is 32.9 Å². The number of hydrogen-bond acceptors (Lipinski definition) is 1. The van der Waals surface area contributed by atoms with Gasteiger partial charge in [-0.15, -0.1) is 0 Å². The first-order valence-corrected chi connectivity index (χ1v) is 3.57. The van der Waals surface area contributed by atoms with E-state index < -0.39 is 12.0 Å². The van der Waals surface area contributed by atoms with Crippen LogP contribution < -0.4 is 5.56 Å². The average molecular weight is 224 g/mol. The van der Waals surface area contributed by atoms with E-state index in [2.05, 4.69) is 15.9 Å². The van der Waals surface area contributed by atoms with Crippen LogP contribution in [-0.2, 0) is 0 Å². The van der Waals surface area contributed by atoms with E-state index in [0.29, 0.717) is 4.47 Å². The van der Waals surface area contributed by atoms with Gasteiger partial charge in [0.2, 0.25) is 5.56 Å². The van der Waals surface area contributed by atoms with Crippen molar-refractivity contribution in [2.45, 2.75) is 6.43 Å². The third-order valence-electron chi connectivity index (χ3n) is 1.07. The molecule has 11 heavy (non-hydrogen) atoms.